The fraction of sp³-hybridized carbons (Fsp3) is 0. The first kappa shape index (κ1) is 18.9. The topological polar surface area (TPSA) is 95.2 Å². The zero-order valence-electron chi connectivity index (χ0n) is 17.6. The number of nitrogens with zero attached hydrogens (tertiary/aromatic N) is 4. The van der Waals surface area contributed by atoms with Gasteiger partial charge in [0.05, 0.1) is 17.6 Å². The van der Waals surface area contributed by atoms with Gasteiger partial charge in [0, 0.05) is 57.9 Å². The summed E-state index contributed by atoms with van der Waals surface area (Å²) in [6.07, 6.45) is 9.04. The van der Waals surface area contributed by atoms with Gasteiger partial charge < -0.3 is 10.3 Å². The maximum atomic E-state index is 4.59. The smallest absolute Gasteiger partial charge is 0.155 e. The summed E-state index contributed by atoms with van der Waals surface area (Å²) in [5, 5.41) is 12.8. The fourth-order valence-corrected chi connectivity index (χ4v) is 3.92. The van der Waals surface area contributed by atoms with Crippen molar-refractivity contribution in [3.05, 3.63) is 97.7 Å². The Balaban J connectivity index is 1.36. The molecule has 0 aliphatic carbocycles. The van der Waals surface area contributed by atoms with Crippen molar-refractivity contribution >= 4 is 33.3 Å². The Morgan fingerprint density at radius 2 is 1.76 bits per heavy atom. The molecule has 5 aromatic heterocycles. The van der Waals surface area contributed by atoms with Gasteiger partial charge in [0.2, 0.25) is 0 Å². The molecule has 7 nitrogen and oxygen atoms in total. The van der Waals surface area contributed by atoms with Gasteiger partial charge in [-0.25, -0.2) is 4.98 Å². The van der Waals surface area contributed by atoms with E-state index in [-0.39, 0.29) is 0 Å². The van der Waals surface area contributed by atoms with Gasteiger partial charge in [-0.2, -0.15) is 5.10 Å². The molecule has 0 aliphatic heterocycles. The number of rotatable bonds is 5. The van der Waals surface area contributed by atoms with Crippen molar-refractivity contribution in [2.75, 3.05) is 5.32 Å². The van der Waals surface area contributed by atoms with Crippen molar-refractivity contribution in [3.63, 3.8) is 0 Å². The molecular weight excluding hydrogens is 410 g/mol. The van der Waals surface area contributed by atoms with E-state index >= 15 is 0 Å². The number of aromatic amines is 2. The van der Waals surface area contributed by atoms with E-state index in [0.29, 0.717) is 0 Å². The lowest BCUT2D eigenvalue weighted by Crippen LogP contribution is -1.98. The molecule has 1 aromatic carbocycles. The molecule has 0 amide bonds. The Bertz CT molecular complexity index is 1580. The number of hydrogen-bond acceptors (Lipinski definition) is 5. The van der Waals surface area contributed by atoms with Crippen molar-refractivity contribution < 1.29 is 0 Å². The zero-order chi connectivity index (χ0) is 22.2. The predicted molar refractivity (Wildman–Crippen MR) is 131 cm³/mol. The molecule has 0 spiro atoms. The van der Waals surface area contributed by atoms with Gasteiger partial charge in [0.15, 0.2) is 5.65 Å². The number of anilines is 1. The Morgan fingerprint density at radius 1 is 0.879 bits per heavy atom. The SMILES string of the molecule is C=C(Nc1cncc(-c2cnc3[nH]nc(-c4cc5cnccc5[nH]4)c3c2)c1)c1ccccc1. The molecule has 7 heteroatoms. The average Bonchev–Trinajstić information content (AvgIpc) is 3.48. The molecule has 6 aromatic rings. The van der Waals surface area contributed by atoms with Gasteiger partial charge in [0.25, 0.3) is 0 Å². The van der Waals surface area contributed by atoms with Crippen LogP contribution in [-0.2, 0) is 0 Å². The Hall–Kier alpha value is -4.78. The van der Waals surface area contributed by atoms with Gasteiger partial charge in [-0.1, -0.05) is 36.9 Å². The van der Waals surface area contributed by atoms with Crippen LogP contribution in [0, 0.1) is 0 Å². The molecule has 0 saturated heterocycles. The Kier molecular flexibility index (Phi) is 4.43. The summed E-state index contributed by atoms with van der Waals surface area (Å²) in [5.74, 6) is 0. The van der Waals surface area contributed by atoms with Gasteiger partial charge in [-0.15, -0.1) is 0 Å². The van der Waals surface area contributed by atoms with E-state index < -0.39 is 0 Å². The summed E-state index contributed by atoms with van der Waals surface area (Å²) < 4.78 is 0. The van der Waals surface area contributed by atoms with E-state index in [9.17, 15) is 0 Å². The molecule has 0 fully saturated rings. The number of aromatic nitrogens is 6. The summed E-state index contributed by atoms with van der Waals surface area (Å²) in [6, 6.07) is 18.1. The van der Waals surface area contributed by atoms with Crippen LogP contribution in [0.5, 0.6) is 0 Å². The van der Waals surface area contributed by atoms with Gasteiger partial charge in [0.1, 0.15) is 5.69 Å². The van der Waals surface area contributed by atoms with E-state index in [1.54, 1.807) is 12.4 Å². The highest BCUT2D eigenvalue weighted by Gasteiger charge is 2.13. The number of hydrogen-bond donors (Lipinski definition) is 3. The lowest BCUT2D eigenvalue weighted by molar-refractivity contribution is 1.10. The molecule has 158 valence electrons. The highest BCUT2D eigenvalue weighted by Crippen LogP contribution is 2.31. The molecule has 33 heavy (non-hydrogen) atoms. The van der Waals surface area contributed by atoms with Crippen LogP contribution in [0.4, 0.5) is 5.69 Å². The van der Waals surface area contributed by atoms with E-state index in [1.165, 1.54) is 0 Å². The number of H-pyrrole nitrogens is 2. The van der Waals surface area contributed by atoms with E-state index in [4.69, 9.17) is 0 Å². The van der Waals surface area contributed by atoms with Crippen LogP contribution in [0.25, 0.3) is 50.1 Å². The summed E-state index contributed by atoms with van der Waals surface area (Å²) in [7, 11) is 0. The standard InChI is InChI=1S/C26H19N7/c1-16(17-5-3-2-4-6-17)30-21-9-18(12-28-15-21)19-10-22-25(32-33-26(22)29-14-19)24-11-20-13-27-8-7-23(20)31-24/h2-15,30-31H,1H2,(H,29,32,33). The van der Waals surface area contributed by atoms with Crippen molar-refractivity contribution in [1.82, 2.24) is 30.1 Å². The van der Waals surface area contributed by atoms with E-state index in [1.807, 2.05) is 67.1 Å². The van der Waals surface area contributed by atoms with Gasteiger partial charge in [-0.05, 0) is 29.8 Å². The van der Waals surface area contributed by atoms with Crippen molar-refractivity contribution in [1.29, 1.82) is 0 Å². The molecule has 0 atom stereocenters. The monoisotopic (exact) mass is 429 g/mol. The van der Waals surface area contributed by atoms with Crippen LogP contribution in [0.3, 0.4) is 0 Å². The number of fused-ring (bicyclic) bond motifs is 2. The highest BCUT2D eigenvalue weighted by molar-refractivity contribution is 5.95. The minimum Gasteiger partial charge on any atom is -0.354 e. The maximum absolute atomic E-state index is 4.59. The van der Waals surface area contributed by atoms with Gasteiger partial charge >= 0.3 is 0 Å². The minimum atomic E-state index is 0.727. The first-order chi connectivity index (χ1) is 16.2. The third kappa shape index (κ3) is 3.51. The van der Waals surface area contributed by atoms with Gasteiger partial charge in [-0.3, -0.25) is 15.1 Å². The normalized spacial score (nSPS) is 11.2. The number of benzene rings is 1. The van der Waals surface area contributed by atoms with Crippen molar-refractivity contribution in [2.24, 2.45) is 0 Å². The molecule has 0 unspecified atom stereocenters. The van der Waals surface area contributed by atoms with Crippen LogP contribution >= 0.6 is 0 Å². The minimum absolute atomic E-state index is 0.727. The number of pyridine rings is 3. The third-order valence-corrected chi connectivity index (χ3v) is 5.58. The Labute approximate surface area is 189 Å². The van der Waals surface area contributed by atoms with Crippen molar-refractivity contribution in [2.45, 2.75) is 0 Å². The largest absolute Gasteiger partial charge is 0.354 e. The molecule has 0 saturated carbocycles. The summed E-state index contributed by atoms with van der Waals surface area (Å²) in [5.41, 5.74) is 8.07. The lowest BCUT2D eigenvalue weighted by Gasteiger charge is -2.11. The van der Waals surface area contributed by atoms with Crippen LogP contribution in [0.1, 0.15) is 5.56 Å². The third-order valence-electron chi connectivity index (χ3n) is 5.58. The first-order valence-corrected chi connectivity index (χ1v) is 10.5. The van der Waals surface area contributed by atoms with E-state index in [2.05, 4.69) is 48.1 Å². The van der Waals surface area contributed by atoms with Crippen LogP contribution in [0.2, 0.25) is 0 Å². The fourth-order valence-electron chi connectivity index (χ4n) is 3.92. The molecule has 0 bridgehead atoms. The maximum Gasteiger partial charge on any atom is 0.155 e. The molecule has 0 aliphatic rings. The molecule has 3 N–H and O–H groups in total. The summed E-state index contributed by atoms with van der Waals surface area (Å²) in [4.78, 5) is 16.6. The van der Waals surface area contributed by atoms with Crippen LogP contribution in [0.15, 0.2) is 92.2 Å². The average molecular weight is 429 g/mol. The second-order valence-electron chi connectivity index (χ2n) is 7.77. The molecule has 0 radical (unpaired) electrons. The van der Waals surface area contributed by atoms with Crippen LogP contribution < -0.4 is 5.32 Å². The lowest BCUT2D eigenvalue weighted by atomic mass is 10.1. The van der Waals surface area contributed by atoms with E-state index in [0.717, 1.165) is 61.4 Å². The first-order valence-electron chi connectivity index (χ1n) is 10.5. The quantitative estimate of drug-likeness (QED) is 0.329. The molecule has 5 heterocycles. The predicted octanol–water partition coefficient (Wildman–Crippen LogP) is 5.65. The second-order valence-corrected chi connectivity index (χ2v) is 7.77. The Morgan fingerprint density at radius 3 is 2.64 bits per heavy atom. The second kappa shape index (κ2) is 7.72. The molecule has 6 rings (SSSR count). The van der Waals surface area contributed by atoms with Crippen molar-refractivity contribution in [3.8, 4) is 22.5 Å². The number of nitrogens with one attached hydrogen (secondary N) is 3. The molecular formula is C26H19N7. The highest BCUT2D eigenvalue weighted by atomic mass is 15.2. The summed E-state index contributed by atoms with van der Waals surface area (Å²) >= 11 is 0. The summed E-state index contributed by atoms with van der Waals surface area (Å²) in [6.45, 7) is 4.15. The van der Waals surface area contributed by atoms with Crippen LogP contribution in [-0.4, -0.2) is 30.1 Å². The zero-order valence-corrected chi connectivity index (χ0v) is 17.6.